The van der Waals surface area contributed by atoms with Gasteiger partial charge in [0.25, 0.3) is 0 Å². The van der Waals surface area contributed by atoms with Crippen molar-refractivity contribution in [2.45, 2.75) is 0 Å². The highest BCUT2D eigenvalue weighted by molar-refractivity contribution is 6.03. The van der Waals surface area contributed by atoms with Crippen LogP contribution in [0.5, 0.6) is 11.5 Å². The highest BCUT2D eigenvalue weighted by Gasteiger charge is 2.16. The first-order chi connectivity index (χ1) is 15.6. The fourth-order valence-corrected chi connectivity index (χ4v) is 3.43. The van der Waals surface area contributed by atoms with Gasteiger partial charge in [0.2, 0.25) is 0 Å². The number of furan rings is 1. The SMILES string of the molecule is COC(=O)/C=C/c1ccc(Nc2c(C#N)cnc3cc(OC)c(OC)cc23)c2occc12. The summed E-state index contributed by atoms with van der Waals surface area (Å²) in [4.78, 5) is 15.8. The minimum atomic E-state index is -0.449. The van der Waals surface area contributed by atoms with E-state index in [4.69, 9.17) is 13.9 Å². The van der Waals surface area contributed by atoms with Gasteiger partial charge in [-0.3, -0.25) is 4.98 Å². The first-order valence-corrected chi connectivity index (χ1v) is 9.57. The molecule has 0 aliphatic heterocycles. The number of carbonyl (C=O) groups is 1. The first-order valence-electron chi connectivity index (χ1n) is 9.57. The number of methoxy groups -OCH3 is 3. The van der Waals surface area contributed by atoms with Gasteiger partial charge in [-0.2, -0.15) is 5.26 Å². The van der Waals surface area contributed by atoms with Crippen molar-refractivity contribution in [1.82, 2.24) is 4.98 Å². The van der Waals surface area contributed by atoms with Crippen LogP contribution in [0, 0.1) is 11.3 Å². The molecule has 0 atom stereocenters. The Labute approximate surface area is 183 Å². The van der Waals surface area contributed by atoms with E-state index in [9.17, 15) is 10.1 Å². The number of carbonyl (C=O) groups excluding carboxylic acids is 1. The van der Waals surface area contributed by atoms with E-state index in [-0.39, 0.29) is 0 Å². The van der Waals surface area contributed by atoms with E-state index in [1.54, 1.807) is 44.8 Å². The van der Waals surface area contributed by atoms with Gasteiger partial charge in [0, 0.05) is 29.1 Å². The van der Waals surface area contributed by atoms with Crippen LogP contribution in [0.1, 0.15) is 11.1 Å². The lowest BCUT2D eigenvalue weighted by molar-refractivity contribution is -0.134. The Hall–Kier alpha value is -4.51. The molecule has 0 radical (unpaired) electrons. The van der Waals surface area contributed by atoms with Crippen molar-refractivity contribution in [3.63, 3.8) is 0 Å². The summed E-state index contributed by atoms with van der Waals surface area (Å²) in [5, 5.41) is 14.5. The number of esters is 1. The van der Waals surface area contributed by atoms with Gasteiger partial charge in [-0.25, -0.2) is 4.79 Å². The topological polar surface area (TPSA) is 107 Å². The second-order valence-corrected chi connectivity index (χ2v) is 6.73. The van der Waals surface area contributed by atoms with E-state index in [1.807, 2.05) is 12.1 Å². The number of ether oxygens (including phenoxy) is 3. The van der Waals surface area contributed by atoms with Crippen molar-refractivity contribution in [2.24, 2.45) is 0 Å². The number of benzene rings is 2. The number of pyridine rings is 1. The smallest absolute Gasteiger partial charge is 0.330 e. The molecule has 8 nitrogen and oxygen atoms in total. The van der Waals surface area contributed by atoms with Gasteiger partial charge in [0.1, 0.15) is 6.07 Å². The van der Waals surface area contributed by atoms with Gasteiger partial charge in [-0.1, -0.05) is 6.07 Å². The molecule has 8 heteroatoms. The number of hydrogen-bond donors (Lipinski definition) is 1. The molecule has 2 aromatic heterocycles. The molecule has 160 valence electrons. The molecule has 0 amide bonds. The molecular formula is C24H19N3O5. The van der Waals surface area contributed by atoms with Crippen LogP contribution in [0.2, 0.25) is 0 Å². The van der Waals surface area contributed by atoms with E-state index < -0.39 is 5.97 Å². The van der Waals surface area contributed by atoms with Crippen molar-refractivity contribution >= 4 is 45.3 Å². The summed E-state index contributed by atoms with van der Waals surface area (Å²) in [6.45, 7) is 0. The minimum absolute atomic E-state index is 0.360. The maximum absolute atomic E-state index is 11.5. The van der Waals surface area contributed by atoms with Crippen molar-refractivity contribution in [3.05, 3.63) is 60.0 Å². The predicted molar refractivity (Wildman–Crippen MR) is 120 cm³/mol. The molecule has 32 heavy (non-hydrogen) atoms. The van der Waals surface area contributed by atoms with Crippen LogP contribution in [0.3, 0.4) is 0 Å². The zero-order valence-corrected chi connectivity index (χ0v) is 17.6. The number of hydrogen-bond acceptors (Lipinski definition) is 8. The van der Waals surface area contributed by atoms with Gasteiger partial charge in [0.05, 0.1) is 50.0 Å². The summed E-state index contributed by atoms with van der Waals surface area (Å²) in [5.41, 5.74) is 3.58. The number of nitrogens with one attached hydrogen (secondary N) is 1. The third kappa shape index (κ3) is 3.68. The summed E-state index contributed by atoms with van der Waals surface area (Å²) in [6, 6.07) is 11.2. The van der Waals surface area contributed by atoms with E-state index in [1.165, 1.54) is 19.4 Å². The fourth-order valence-electron chi connectivity index (χ4n) is 3.43. The quantitative estimate of drug-likeness (QED) is 0.344. The number of nitriles is 1. The van der Waals surface area contributed by atoms with Crippen molar-refractivity contribution in [2.75, 3.05) is 26.6 Å². The Kier molecular flexibility index (Phi) is 5.64. The standard InChI is InChI=1S/C24H19N3O5/c1-29-20-10-17-19(11-21(20)30-2)26-13-15(12-25)23(17)27-18-6-4-14(5-7-22(28)31-3)16-8-9-32-24(16)18/h4-11,13H,1-3H3,(H,26,27)/b7-5+. The molecule has 1 N–H and O–H groups in total. The average Bonchev–Trinajstić information content (AvgIpc) is 3.33. The van der Waals surface area contributed by atoms with Gasteiger partial charge in [-0.15, -0.1) is 0 Å². The predicted octanol–water partition coefficient (Wildman–Crippen LogP) is 4.80. The number of anilines is 2. The summed E-state index contributed by atoms with van der Waals surface area (Å²) >= 11 is 0. The Balaban J connectivity index is 1.85. The van der Waals surface area contributed by atoms with Crippen molar-refractivity contribution in [1.29, 1.82) is 5.26 Å². The van der Waals surface area contributed by atoms with E-state index >= 15 is 0 Å². The molecule has 0 aliphatic carbocycles. The number of aromatic nitrogens is 1. The number of nitrogens with zero attached hydrogens (tertiary/aromatic N) is 2. The molecule has 0 aliphatic rings. The molecular weight excluding hydrogens is 410 g/mol. The third-order valence-corrected chi connectivity index (χ3v) is 5.00. The van der Waals surface area contributed by atoms with Gasteiger partial charge >= 0.3 is 5.97 Å². The molecule has 4 rings (SSSR count). The third-order valence-electron chi connectivity index (χ3n) is 5.00. The molecule has 0 saturated heterocycles. The molecule has 2 aromatic carbocycles. The zero-order valence-electron chi connectivity index (χ0n) is 17.6. The van der Waals surface area contributed by atoms with Crippen molar-refractivity contribution in [3.8, 4) is 17.6 Å². The Morgan fingerprint density at radius 2 is 1.91 bits per heavy atom. The van der Waals surface area contributed by atoms with Crippen LogP contribution in [0.15, 0.2) is 53.3 Å². The van der Waals surface area contributed by atoms with Crippen LogP contribution < -0.4 is 14.8 Å². The van der Waals surface area contributed by atoms with Gasteiger partial charge in [-0.05, 0) is 29.8 Å². The van der Waals surface area contributed by atoms with Crippen molar-refractivity contribution < 1.29 is 23.4 Å². The molecule has 2 heterocycles. The van der Waals surface area contributed by atoms with Crippen LogP contribution in [-0.4, -0.2) is 32.3 Å². The lowest BCUT2D eigenvalue weighted by atomic mass is 10.1. The monoisotopic (exact) mass is 429 g/mol. The summed E-state index contributed by atoms with van der Waals surface area (Å²) in [7, 11) is 4.42. The summed E-state index contributed by atoms with van der Waals surface area (Å²) in [5.74, 6) is 0.611. The summed E-state index contributed by atoms with van der Waals surface area (Å²) in [6.07, 6.45) is 6.07. The maximum Gasteiger partial charge on any atom is 0.330 e. The van der Waals surface area contributed by atoms with Gasteiger partial charge < -0.3 is 23.9 Å². The molecule has 0 saturated carbocycles. The first kappa shape index (κ1) is 20.8. The largest absolute Gasteiger partial charge is 0.493 e. The Bertz CT molecular complexity index is 1400. The Morgan fingerprint density at radius 1 is 1.12 bits per heavy atom. The maximum atomic E-state index is 11.5. The highest BCUT2D eigenvalue weighted by Crippen LogP contribution is 2.38. The molecule has 0 unspecified atom stereocenters. The molecule has 0 fully saturated rings. The zero-order chi connectivity index (χ0) is 22.7. The summed E-state index contributed by atoms with van der Waals surface area (Å²) < 4.78 is 21.1. The number of fused-ring (bicyclic) bond motifs is 2. The van der Waals surface area contributed by atoms with Gasteiger partial charge in [0.15, 0.2) is 17.1 Å². The van der Waals surface area contributed by atoms with Crippen LogP contribution in [0.25, 0.3) is 27.9 Å². The van der Waals surface area contributed by atoms with E-state index in [2.05, 4.69) is 21.1 Å². The lowest BCUT2D eigenvalue weighted by Gasteiger charge is -2.15. The van der Waals surface area contributed by atoms with E-state index in [0.29, 0.717) is 44.9 Å². The fraction of sp³-hybridized carbons (Fsp3) is 0.125. The molecule has 4 aromatic rings. The normalized spacial score (nSPS) is 10.9. The van der Waals surface area contributed by atoms with Crippen LogP contribution in [0.4, 0.5) is 11.4 Å². The van der Waals surface area contributed by atoms with Crippen LogP contribution in [-0.2, 0) is 9.53 Å². The number of rotatable bonds is 6. The highest BCUT2D eigenvalue weighted by atomic mass is 16.5. The van der Waals surface area contributed by atoms with Crippen LogP contribution >= 0.6 is 0 Å². The Morgan fingerprint density at radius 3 is 2.62 bits per heavy atom. The second kappa shape index (κ2) is 8.70. The second-order valence-electron chi connectivity index (χ2n) is 6.73. The average molecular weight is 429 g/mol. The van der Waals surface area contributed by atoms with E-state index in [0.717, 1.165) is 10.9 Å². The molecule has 0 spiro atoms. The molecule has 0 bridgehead atoms. The lowest BCUT2D eigenvalue weighted by Crippen LogP contribution is -1.99. The minimum Gasteiger partial charge on any atom is -0.493 e.